The zero-order valence-electron chi connectivity index (χ0n) is 10.1. The lowest BCUT2D eigenvalue weighted by molar-refractivity contribution is -0.121. The first kappa shape index (κ1) is 12.7. The summed E-state index contributed by atoms with van der Waals surface area (Å²) in [5.74, 6) is -2.40. The number of halogens is 2. The van der Waals surface area contributed by atoms with E-state index in [0.29, 0.717) is 11.3 Å². The zero-order chi connectivity index (χ0) is 13.2. The predicted octanol–water partition coefficient (Wildman–Crippen LogP) is 3.47. The van der Waals surface area contributed by atoms with Crippen molar-refractivity contribution >= 4 is 11.9 Å². The highest BCUT2D eigenvalue weighted by molar-refractivity contribution is 6.00. The Kier molecular flexibility index (Phi) is 3.45. The molecule has 0 heterocycles. The molecule has 0 atom stereocenters. The molecule has 1 saturated carbocycles. The average Bonchev–Trinajstić information content (AvgIpc) is 2.34. The second kappa shape index (κ2) is 4.88. The first-order valence-corrected chi connectivity index (χ1v) is 5.76. The lowest BCUT2D eigenvalue weighted by atomic mass is 9.89. The minimum atomic E-state index is -2.78. The first-order valence-electron chi connectivity index (χ1n) is 5.76. The van der Waals surface area contributed by atoms with Crippen LogP contribution in [0.15, 0.2) is 29.8 Å². The Labute approximate surface area is 104 Å². The molecule has 0 bridgehead atoms. The fourth-order valence-corrected chi connectivity index (χ4v) is 2.03. The van der Waals surface area contributed by atoms with Crippen molar-refractivity contribution < 1.29 is 18.3 Å². The summed E-state index contributed by atoms with van der Waals surface area (Å²) in [5, 5.41) is 0. The van der Waals surface area contributed by atoms with Gasteiger partial charge in [0, 0.05) is 30.4 Å². The second-order valence-corrected chi connectivity index (χ2v) is 4.37. The summed E-state index contributed by atoms with van der Waals surface area (Å²) in [6.07, 6.45) is 0.585. The van der Waals surface area contributed by atoms with E-state index in [1.807, 2.05) is 0 Å². The van der Waals surface area contributed by atoms with Crippen LogP contribution >= 0.6 is 0 Å². The topological polar surface area (TPSA) is 26.3 Å². The smallest absolute Gasteiger partial charge is 0.252 e. The molecular weight excluding hydrogens is 238 g/mol. The lowest BCUT2D eigenvalue weighted by Gasteiger charge is -2.22. The molecule has 18 heavy (non-hydrogen) atoms. The van der Waals surface area contributed by atoms with E-state index in [1.54, 1.807) is 24.3 Å². The van der Waals surface area contributed by atoms with Crippen LogP contribution in [0.25, 0.3) is 6.08 Å². The van der Waals surface area contributed by atoms with Gasteiger partial charge in [0.25, 0.3) is 5.92 Å². The molecule has 0 radical (unpaired) electrons. The van der Waals surface area contributed by atoms with Crippen molar-refractivity contribution in [3.63, 3.8) is 0 Å². The van der Waals surface area contributed by atoms with Gasteiger partial charge in [0.05, 0.1) is 7.11 Å². The monoisotopic (exact) mass is 252 g/mol. The highest BCUT2D eigenvalue weighted by Crippen LogP contribution is 2.36. The van der Waals surface area contributed by atoms with Crippen molar-refractivity contribution in [3.8, 4) is 5.75 Å². The summed E-state index contributed by atoms with van der Waals surface area (Å²) in [5.41, 5.74) is 0.830. The van der Waals surface area contributed by atoms with E-state index in [1.165, 1.54) is 13.2 Å². The van der Waals surface area contributed by atoms with E-state index in [-0.39, 0.29) is 24.2 Å². The number of methoxy groups -OCH3 is 1. The van der Waals surface area contributed by atoms with Gasteiger partial charge in [0.2, 0.25) is 0 Å². The van der Waals surface area contributed by atoms with Gasteiger partial charge >= 0.3 is 0 Å². The van der Waals surface area contributed by atoms with Gasteiger partial charge in [0.15, 0.2) is 5.78 Å². The van der Waals surface area contributed by atoms with Crippen molar-refractivity contribution in [1.82, 2.24) is 0 Å². The summed E-state index contributed by atoms with van der Waals surface area (Å²) >= 11 is 0. The molecule has 0 spiro atoms. The molecule has 4 heteroatoms. The van der Waals surface area contributed by atoms with Gasteiger partial charge in [-0.2, -0.15) is 0 Å². The SMILES string of the molecule is COc1ccccc1C=C1CC(F)(F)CCC1=O. The molecule has 0 N–H and O–H groups in total. The summed E-state index contributed by atoms with van der Waals surface area (Å²) < 4.78 is 31.7. The van der Waals surface area contributed by atoms with E-state index in [2.05, 4.69) is 0 Å². The molecule has 1 aromatic carbocycles. The third-order valence-electron chi connectivity index (χ3n) is 2.99. The molecule has 0 unspecified atom stereocenters. The number of carbonyl (C=O) groups excluding carboxylic acids is 1. The van der Waals surface area contributed by atoms with Crippen LogP contribution in [0.4, 0.5) is 8.78 Å². The van der Waals surface area contributed by atoms with E-state index >= 15 is 0 Å². The second-order valence-electron chi connectivity index (χ2n) is 4.37. The van der Waals surface area contributed by atoms with Gasteiger partial charge < -0.3 is 4.74 Å². The molecule has 0 aromatic heterocycles. The molecule has 0 saturated heterocycles. The Bertz CT molecular complexity index is 492. The van der Waals surface area contributed by atoms with Crippen LogP contribution in [0.1, 0.15) is 24.8 Å². The number of rotatable bonds is 2. The lowest BCUT2D eigenvalue weighted by Crippen LogP contribution is -2.26. The molecule has 1 aromatic rings. The third-order valence-corrected chi connectivity index (χ3v) is 2.99. The summed E-state index contributed by atoms with van der Waals surface area (Å²) in [6, 6.07) is 7.04. The number of allylic oxidation sites excluding steroid dienone is 1. The van der Waals surface area contributed by atoms with Crippen LogP contribution in [0, 0.1) is 0 Å². The number of hydrogen-bond acceptors (Lipinski definition) is 2. The van der Waals surface area contributed by atoms with Gasteiger partial charge in [0.1, 0.15) is 5.75 Å². The highest BCUT2D eigenvalue weighted by atomic mass is 19.3. The largest absolute Gasteiger partial charge is 0.496 e. The molecule has 96 valence electrons. The van der Waals surface area contributed by atoms with E-state index in [0.717, 1.165) is 0 Å². The van der Waals surface area contributed by atoms with Gasteiger partial charge in [-0.05, 0) is 12.1 Å². The van der Waals surface area contributed by atoms with Crippen molar-refractivity contribution in [1.29, 1.82) is 0 Å². The molecule has 2 nitrogen and oxygen atoms in total. The van der Waals surface area contributed by atoms with Crippen LogP contribution < -0.4 is 4.74 Å². The minimum Gasteiger partial charge on any atom is -0.496 e. The molecule has 0 amide bonds. The molecule has 0 aliphatic heterocycles. The number of ketones is 1. The van der Waals surface area contributed by atoms with Crippen LogP contribution in [0.3, 0.4) is 0 Å². The molecule has 1 aliphatic carbocycles. The van der Waals surface area contributed by atoms with Crippen molar-refractivity contribution in [2.24, 2.45) is 0 Å². The van der Waals surface area contributed by atoms with E-state index in [9.17, 15) is 13.6 Å². The molecular formula is C14H14F2O2. The number of benzene rings is 1. The fraction of sp³-hybridized carbons (Fsp3) is 0.357. The van der Waals surface area contributed by atoms with Gasteiger partial charge in [-0.1, -0.05) is 18.2 Å². The van der Waals surface area contributed by atoms with E-state index in [4.69, 9.17) is 4.74 Å². The summed E-state index contributed by atoms with van der Waals surface area (Å²) in [6.45, 7) is 0. The molecule has 1 aliphatic rings. The predicted molar refractivity (Wildman–Crippen MR) is 64.8 cm³/mol. The number of hydrogen-bond donors (Lipinski definition) is 0. The number of ether oxygens (including phenoxy) is 1. The normalized spacial score (nSPS) is 21.1. The van der Waals surface area contributed by atoms with Gasteiger partial charge in [-0.3, -0.25) is 4.79 Å². The zero-order valence-corrected chi connectivity index (χ0v) is 10.1. The van der Waals surface area contributed by atoms with Crippen molar-refractivity contribution in [3.05, 3.63) is 35.4 Å². The van der Waals surface area contributed by atoms with E-state index < -0.39 is 12.3 Å². The summed E-state index contributed by atoms with van der Waals surface area (Å²) in [4.78, 5) is 11.6. The number of para-hydroxylation sites is 1. The Morgan fingerprint density at radius 1 is 1.33 bits per heavy atom. The van der Waals surface area contributed by atoms with Crippen LogP contribution in [-0.2, 0) is 4.79 Å². The molecule has 2 rings (SSSR count). The van der Waals surface area contributed by atoms with Crippen LogP contribution in [-0.4, -0.2) is 18.8 Å². The van der Waals surface area contributed by atoms with Crippen molar-refractivity contribution in [2.75, 3.05) is 7.11 Å². The molecule has 1 fully saturated rings. The van der Waals surface area contributed by atoms with Gasteiger partial charge in [-0.15, -0.1) is 0 Å². The first-order chi connectivity index (χ1) is 8.52. The maximum atomic E-state index is 13.3. The number of alkyl halides is 2. The summed E-state index contributed by atoms with van der Waals surface area (Å²) in [7, 11) is 1.51. The number of carbonyl (C=O) groups is 1. The maximum absolute atomic E-state index is 13.3. The Morgan fingerprint density at radius 3 is 2.78 bits per heavy atom. The number of Topliss-reactive ketones (excluding diaryl/α,β-unsaturated/α-hetero) is 1. The average molecular weight is 252 g/mol. The Morgan fingerprint density at radius 2 is 2.06 bits per heavy atom. The Hall–Kier alpha value is -1.71. The van der Waals surface area contributed by atoms with Crippen molar-refractivity contribution in [2.45, 2.75) is 25.2 Å². The van der Waals surface area contributed by atoms with Crippen LogP contribution in [0.5, 0.6) is 5.75 Å². The Balaban J connectivity index is 2.34. The van der Waals surface area contributed by atoms with Gasteiger partial charge in [-0.25, -0.2) is 8.78 Å². The highest BCUT2D eigenvalue weighted by Gasteiger charge is 2.37. The fourth-order valence-electron chi connectivity index (χ4n) is 2.03. The maximum Gasteiger partial charge on any atom is 0.252 e. The van der Waals surface area contributed by atoms with Crippen LogP contribution in [0.2, 0.25) is 0 Å². The standard InChI is InChI=1S/C14H14F2O2/c1-18-13-5-3-2-4-10(13)8-11-9-14(15,16)7-6-12(11)17/h2-5,8H,6-7,9H2,1H3. The third kappa shape index (κ3) is 2.75. The quantitative estimate of drug-likeness (QED) is 0.753. The minimum absolute atomic E-state index is 0.0893.